The number of pyridine rings is 1. The van der Waals surface area contributed by atoms with Crippen LogP contribution in [0.1, 0.15) is 18.9 Å². The van der Waals surface area contributed by atoms with Crippen LogP contribution in [-0.2, 0) is 4.75 Å². The molecule has 1 aromatic heterocycles. The van der Waals surface area contributed by atoms with Gasteiger partial charge in [0.15, 0.2) is 0 Å². The molecule has 3 rings (SSSR count). The standard InChI is InChI=1S/C16H14ClFN2S/c1-16(5-6-19-10-21-16)12-4-2-3-11(7-12)14-8-13(17)9-20-15(14)18/h2-4,7-10H,5-6H2,1H3/t16-/m0/s1. The van der Waals surface area contributed by atoms with Gasteiger partial charge in [0.2, 0.25) is 5.95 Å². The van der Waals surface area contributed by atoms with Gasteiger partial charge in [-0.15, -0.1) is 11.8 Å². The lowest BCUT2D eigenvalue weighted by molar-refractivity contribution is 0.587. The summed E-state index contributed by atoms with van der Waals surface area (Å²) in [5.74, 6) is -0.500. The van der Waals surface area contributed by atoms with E-state index in [2.05, 4.69) is 23.0 Å². The van der Waals surface area contributed by atoms with Crippen molar-refractivity contribution in [2.45, 2.75) is 18.1 Å². The Hall–Kier alpha value is -1.39. The van der Waals surface area contributed by atoms with E-state index in [1.54, 1.807) is 17.8 Å². The third kappa shape index (κ3) is 2.97. The third-order valence-corrected chi connectivity index (χ3v) is 5.12. The monoisotopic (exact) mass is 320 g/mol. The molecule has 5 heteroatoms. The minimum Gasteiger partial charge on any atom is -0.286 e. The molecule has 0 saturated carbocycles. The summed E-state index contributed by atoms with van der Waals surface area (Å²) in [4.78, 5) is 7.94. The lowest BCUT2D eigenvalue weighted by Crippen LogP contribution is -2.21. The Balaban J connectivity index is 2.04. The van der Waals surface area contributed by atoms with E-state index in [1.807, 2.05) is 23.7 Å². The summed E-state index contributed by atoms with van der Waals surface area (Å²) >= 11 is 7.63. The van der Waals surface area contributed by atoms with Crippen LogP contribution in [0.2, 0.25) is 5.02 Å². The highest BCUT2D eigenvalue weighted by Crippen LogP contribution is 2.41. The molecule has 108 valence electrons. The molecule has 0 unspecified atom stereocenters. The molecule has 1 aliphatic rings. The summed E-state index contributed by atoms with van der Waals surface area (Å²) in [6, 6.07) is 9.53. The maximum absolute atomic E-state index is 13.9. The normalized spacial score (nSPS) is 21.5. The first-order chi connectivity index (χ1) is 10.1. The van der Waals surface area contributed by atoms with Crippen molar-refractivity contribution in [2.24, 2.45) is 4.99 Å². The van der Waals surface area contributed by atoms with Crippen molar-refractivity contribution in [1.82, 2.24) is 4.98 Å². The van der Waals surface area contributed by atoms with Crippen LogP contribution in [0.3, 0.4) is 0 Å². The average Bonchev–Trinajstić information content (AvgIpc) is 2.51. The molecule has 0 radical (unpaired) electrons. The molecule has 0 fully saturated rings. The van der Waals surface area contributed by atoms with Crippen LogP contribution in [-0.4, -0.2) is 17.1 Å². The van der Waals surface area contributed by atoms with E-state index in [0.717, 1.165) is 24.1 Å². The van der Waals surface area contributed by atoms with Gasteiger partial charge in [-0.25, -0.2) is 4.98 Å². The van der Waals surface area contributed by atoms with E-state index >= 15 is 0 Å². The van der Waals surface area contributed by atoms with Crippen molar-refractivity contribution in [1.29, 1.82) is 0 Å². The number of aromatic nitrogens is 1. The van der Waals surface area contributed by atoms with Gasteiger partial charge in [0.25, 0.3) is 0 Å². The summed E-state index contributed by atoms with van der Waals surface area (Å²) in [7, 11) is 0. The largest absolute Gasteiger partial charge is 0.286 e. The predicted octanol–water partition coefficient (Wildman–Crippen LogP) is 4.92. The lowest BCUT2D eigenvalue weighted by Gasteiger charge is -2.30. The Morgan fingerprint density at radius 2 is 2.19 bits per heavy atom. The van der Waals surface area contributed by atoms with Crippen LogP contribution in [0.25, 0.3) is 11.1 Å². The van der Waals surface area contributed by atoms with Crippen molar-refractivity contribution in [3.05, 3.63) is 53.1 Å². The van der Waals surface area contributed by atoms with Gasteiger partial charge < -0.3 is 0 Å². The molecular formula is C16H14ClFN2S. The van der Waals surface area contributed by atoms with E-state index in [4.69, 9.17) is 11.6 Å². The SMILES string of the molecule is C[C@@]1(c2cccc(-c3cc(Cl)cnc3F)c2)CCN=CS1. The number of halogens is 2. The van der Waals surface area contributed by atoms with Crippen molar-refractivity contribution in [3.8, 4) is 11.1 Å². The van der Waals surface area contributed by atoms with Gasteiger partial charge in [0.05, 0.1) is 10.6 Å². The summed E-state index contributed by atoms with van der Waals surface area (Å²) in [5, 5.41) is 0.433. The van der Waals surface area contributed by atoms with Gasteiger partial charge in [0.1, 0.15) is 0 Å². The minimum atomic E-state index is -0.500. The summed E-state index contributed by atoms with van der Waals surface area (Å²) in [6.07, 6.45) is 2.28. The predicted molar refractivity (Wildman–Crippen MR) is 87.6 cm³/mol. The van der Waals surface area contributed by atoms with Crippen LogP contribution in [0, 0.1) is 5.95 Å². The zero-order valence-corrected chi connectivity index (χ0v) is 13.1. The second-order valence-corrected chi connectivity index (χ2v) is 6.97. The molecule has 1 aromatic carbocycles. The molecule has 0 amide bonds. The molecule has 0 bridgehead atoms. The van der Waals surface area contributed by atoms with Crippen LogP contribution in [0.15, 0.2) is 41.5 Å². The molecule has 2 aromatic rings. The molecule has 1 atom stereocenters. The van der Waals surface area contributed by atoms with Gasteiger partial charge in [-0.3, -0.25) is 4.99 Å². The first-order valence-corrected chi connectivity index (χ1v) is 7.92. The summed E-state index contributed by atoms with van der Waals surface area (Å²) in [5.41, 5.74) is 4.29. The Morgan fingerprint density at radius 3 is 2.95 bits per heavy atom. The van der Waals surface area contributed by atoms with Crippen LogP contribution in [0.4, 0.5) is 4.39 Å². The molecule has 2 nitrogen and oxygen atoms in total. The van der Waals surface area contributed by atoms with Gasteiger partial charge in [-0.1, -0.05) is 29.8 Å². The molecule has 21 heavy (non-hydrogen) atoms. The number of hydrogen-bond donors (Lipinski definition) is 0. The van der Waals surface area contributed by atoms with Crippen LogP contribution < -0.4 is 0 Å². The molecular weight excluding hydrogens is 307 g/mol. The van der Waals surface area contributed by atoms with Crippen molar-refractivity contribution in [2.75, 3.05) is 6.54 Å². The molecule has 1 aliphatic heterocycles. The third-order valence-electron chi connectivity index (χ3n) is 3.70. The highest BCUT2D eigenvalue weighted by molar-refractivity contribution is 8.12. The maximum atomic E-state index is 13.9. The van der Waals surface area contributed by atoms with Crippen molar-refractivity contribution < 1.29 is 4.39 Å². The Labute approximate surface area is 132 Å². The van der Waals surface area contributed by atoms with Gasteiger partial charge in [0, 0.05) is 23.1 Å². The fourth-order valence-electron chi connectivity index (χ4n) is 2.40. The van der Waals surface area contributed by atoms with E-state index < -0.39 is 5.95 Å². The minimum absolute atomic E-state index is 0.0275. The van der Waals surface area contributed by atoms with Gasteiger partial charge >= 0.3 is 0 Å². The van der Waals surface area contributed by atoms with E-state index in [9.17, 15) is 4.39 Å². The molecule has 0 aliphatic carbocycles. The first kappa shape index (κ1) is 14.5. The maximum Gasteiger partial charge on any atom is 0.220 e. The van der Waals surface area contributed by atoms with Crippen LogP contribution in [0.5, 0.6) is 0 Å². The van der Waals surface area contributed by atoms with E-state index in [1.165, 1.54) is 6.20 Å². The quantitative estimate of drug-likeness (QED) is 0.734. The number of benzene rings is 1. The summed E-state index contributed by atoms with van der Waals surface area (Å²) < 4.78 is 13.9. The Kier molecular flexibility index (Phi) is 4.00. The highest BCUT2D eigenvalue weighted by atomic mass is 35.5. The summed E-state index contributed by atoms with van der Waals surface area (Å²) in [6.45, 7) is 3.01. The van der Waals surface area contributed by atoms with Crippen molar-refractivity contribution in [3.63, 3.8) is 0 Å². The zero-order valence-electron chi connectivity index (χ0n) is 11.5. The number of rotatable bonds is 2. The number of nitrogens with zero attached hydrogens (tertiary/aromatic N) is 2. The Morgan fingerprint density at radius 1 is 1.33 bits per heavy atom. The lowest BCUT2D eigenvalue weighted by atomic mass is 9.93. The Bertz CT molecular complexity index is 704. The number of aliphatic imine (C=N–C) groups is 1. The van der Waals surface area contributed by atoms with E-state index in [-0.39, 0.29) is 4.75 Å². The number of hydrogen-bond acceptors (Lipinski definition) is 3. The van der Waals surface area contributed by atoms with Gasteiger partial charge in [-0.05, 0) is 36.6 Å². The number of thioether (sulfide) groups is 1. The van der Waals surface area contributed by atoms with Crippen molar-refractivity contribution >= 4 is 28.9 Å². The highest BCUT2D eigenvalue weighted by Gasteiger charge is 2.28. The second-order valence-electron chi connectivity index (χ2n) is 5.18. The fourth-order valence-corrected chi connectivity index (χ4v) is 3.44. The molecule has 0 saturated heterocycles. The second kappa shape index (κ2) is 5.78. The smallest absolute Gasteiger partial charge is 0.220 e. The van der Waals surface area contributed by atoms with Gasteiger partial charge in [-0.2, -0.15) is 4.39 Å². The molecule has 2 heterocycles. The molecule has 0 spiro atoms. The molecule has 0 N–H and O–H groups in total. The van der Waals surface area contributed by atoms with Crippen LogP contribution >= 0.6 is 23.4 Å². The zero-order chi connectivity index (χ0) is 14.9. The van der Waals surface area contributed by atoms with E-state index in [0.29, 0.717) is 10.6 Å². The topological polar surface area (TPSA) is 25.2 Å². The first-order valence-electron chi connectivity index (χ1n) is 6.66. The average molecular weight is 321 g/mol. The fraction of sp³-hybridized carbons (Fsp3) is 0.250.